The molecule has 0 aliphatic heterocycles. The van der Waals surface area contributed by atoms with E-state index in [-0.39, 0.29) is 12.3 Å². The van der Waals surface area contributed by atoms with Crippen molar-refractivity contribution >= 4 is 33.4 Å². The average Bonchev–Trinajstić information content (AvgIpc) is 2.26. The largest absolute Gasteiger partial charge is 0.396 e. The summed E-state index contributed by atoms with van der Waals surface area (Å²) >= 11 is 5.02. The molecule has 1 aromatic carbocycles. The molecule has 1 N–H and O–H groups in total. The van der Waals surface area contributed by atoms with E-state index in [1.165, 1.54) is 12.1 Å². The number of aliphatic hydroxyl groups is 1. The fourth-order valence-corrected chi connectivity index (χ4v) is 2.76. The first-order chi connectivity index (χ1) is 7.65. The van der Waals surface area contributed by atoms with E-state index in [9.17, 15) is 10.1 Å². The number of halogens is 1. The predicted molar refractivity (Wildman–Crippen MR) is 68.7 cm³/mol. The molecule has 0 saturated heterocycles. The van der Waals surface area contributed by atoms with E-state index >= 15 is 0 Å². The van der Waals surface area contributed by atoms with Crippen LogP contribution in [0.5, 0.6) is 0 Å². The average molecular weight is 306 g/mol. The second-order valence-corrected chi connectivity index (χ2v) is 5.12. The van der Waals surface area contributed by atoms with Gasteiger partial charge in [0.1, 0.15) is 0 Å². The second kappa shape index (κ2) is 6.88. The van der Waals surface area contributed by atoms with Crippen molar-refractivity contribution in [3.8, 4) is 0 Å². The van der Waals surface area contributed by atoms with Gasteiger partial charge in [-0.2, -0.15) is 11.8 Å². The predicted octanol–water partition coefficient (Wildman–Crippen LogP) is 2.97. The molecule has 16 heavy (non-hydrogen) atoms. The maximum Gasteiger partial charge on any atom is 0.270 e. The zero-order valence-corrected chi connectivity index (χ0v) is 11.0. The lowest BCUT2D eigenvalue weighted by Crippen LogP contribution is -1.91. The third-order valence-corrected chi connectivity index (χ3v) is 3.78. The Hall–Kier alpha value is -0.590. The number of nitrogens with zero attached hydrogens (tertiary/aromatic N) is 1. The van der Waals surface area contributed by atoms with Gasteiger partial charge in [0.2, 0.25) is 0 Å². The third kappa shape index (κ3) is 4.11. The van der Waals surface area contributed by atoms with Crippen LogP contribution < -0.4 is 0 Å². The van der Waals surface area contributed by atoms with Crippen molar-refractivity contribution in [2.45, 2.75) is 12.2 Å². The Balaban J connectivity index is 2.57. The Labute approximate surface area is 106 Å². The molecular weight excluding hydrogens is 294 g/mol. The minimum absolute atomic E-state index is 0.0935. The second-order valence-electron chi connectivity index (χ2n) is 3.16. The molecule has 0 radical (unpaired) electrons. The van der Waals surface area contributed by atoms with Crippen molar-refractivity contribution in [3.63, 3.8) is 0 Å². The molecule has 0 spiro atoms. The first-order valence-corrected chi connectivity index (χ1v) is 6.71. The Morgan fingerprint density at radius 3 is 2.81 bits per heavy atom. The van der Waals surface area contributed by atoms with Crippen LogP contribution in [0.3, 0.4) is 0 Å². The molecule has 1 rings (SSSR count). The Bertz CT molecular complexity index is 373. The summed E-state index contributed by atoms with van der Waals surface area (Å²) in [5.74, 6) is 1.68. The van der Waals surface area contributed by atoms with Crippen LogP contribution in [0, 0.1) is 10.1 Å². The Kier molecular flexibility index (Phi) is 5.79. The van der Waals surface area contributed by atoms with Gasteiger partial charge in [0.15, 0.2) is 0 Å². The molecule has 6 heteroatoms. The number of nitro groups is 1. The first-order valence-electron chi connectivity index (χ1n) is 4.76. The molecule has 0 atom stereocenters. The number of aliphatic hydroxyl groups excluding tert-OH is 1. The van der Waals surface area contributed by atoms with Crippen LogP contribution in [0.25, 0.3) is 0 Å². The molecule has 0 amide bonds. The van der Waals surface area contributed by atoms with E-state index in [1.54, 1.807) is 17.8 Å². The topological polar surface area (TPSA) is 63.4 Å². The molecule has 0 aromatic heterocycles. The van der Waals surface area contributed by atoms with Gasteiger partial charge in [0.05, 0.1) is 4.92 Å². The summed E-state index contributed by atoms with van der Waals surface area (Å²) in [6.45, 7) is 0.203. The highest BCUT2D eigenvalue weighted by molar-refractivity contribution is 9.10. The van der Waals surface area contributed by atoms with Crippen molar-refractivity contribution < 1.29 is 10.0 Å². The van der Waals surface area contributed by atoms with Crippen LogP contribution >= 0.6 is 27.7 Å². The van der Waals surface area contributed by atoms with Gasteiger partial charge in [-0.15, -0.1) is 0 Å². The lowest BCUT2D eigenvalue weighted by Gasteiger charge is -2.03. The van der Waals surface area contributed by atoms with Crippen molar-refractivity contribution in [2.75, 3.05) is 12.4 Å². The van der Waals surface area contributed by atoms with E-state index in [1.807, 2.05) is 0 Å². The van der Waals surface area contributed by atoms with Crippen LogP contribution in [-0.2, 0) is 5.75 Å². The van der Waals surface area contributed by atoms with Crippen molar-refractivity contribution in [2.24, 2.45) is 0 Å². The normalized spacial score (nSPS) is 10.4. The summed E-state index contributed by atoms with van der Waals surface area (Å²) in [5, 5.41) is 19.1. The quantitative estimate of drug-likeness (QED) is 0.498. The zero-order valence-electron chi connectivity index (χ0n) is 8.56. The number of hydrogen-bond donors (Lipinski definition) is 1. The smallest absolute Gasteiger partial charge is 0.270 e. The monoisotopic (exact) mass is 305 g/mol. The number of thioether (sulfide) groups is 1. The molecule has 0 aliphatic rings. The van der Waals surface area contributed by atoms with Gasteiger partial charge >= 0.3 is 0 Å². The van der Waals surface area contributed by atoms with E-state index < -0.39 is 4.92 Å². The van der Waals surface area contributed by atoms with Crippen LogP contribution in [0.1, 0.15) is 12.0 Å². The Morgan fingerprint density at radius 1 is 1.50 bits per heavy atom. The van der Waals surface area contributed by atoms with E-state index in [0.29, 0.717) is 0 Å². The highest BCUT2D eigenvalue weighted by Gasteiger charge is 2.08. The van der Waals surface area contributed by atoms with Gasteiger partial charge < -0.3 is 5.11 Å². The summed E-state index contributed by atoms with van der Waals surface area (Å²) in [6, 6.07) is 4.78. The van der Waals surface area contributed by atoms with Gasteiger partial charge in [0.25, 0.3) is 5.69 Å². The molecule has 0 saturated carbocycles. The molecule has 4 nitrogen and oxygen atoms in total. The van der Waals surface area contributed by atoms with Crippen LogP contribution in [0.15, 0.2) is 22.7 Å². The standard InChI is InChI=1S/C10H12BrNO3S/c11-10-6-9(12(14)15)3-2-8(10)7-16-5-1-4-13/h2-3,6,13H,1,4-5,7H2. The van der Waals surface area contributed by atoms with Crippen molar-refractivity contribution in [1.29, 1.82) is 0 Å². The fourth-order valence-electron chi connectivity index (χ4n) is 1.12. The minimum Gasteiger partial charge on any atom is -0.396 e. The number of benzene rings is 1. The molecule has 1 aromatic rings. The van der Waals surface area contributed by atoms with Gasteiger partial charge in [0, 0.05) is 29.0 Å². The van der Waals surface area contributed by atoms with Gasteiger partial charge in [-0.3, -0.25) is 10.1 Å². The van der Waals surface area contributed by atoms with E-state index in [0.717, 1.165) is 28.0 Å². The summed E-state index contributed by atoms with van der Waals surface area (Å²) in [4.78, 5) is 10.1. The number of rotatable bonds is 6. The van der Waals surface area contributed by atoms with Gasteiger partial charge in [-0.05, 0) is 17.7 Å². The molecule has 0 heterocycles. The van der Waals surface area contributed by atoms with Crippen LogP contribution in [0.2, 0.25) is 0 Å². The van der Waals surface area contributed by atoms with Gasteiger partial charge in [-0.25, -0.2) is 0 Å². The third-order valence-electron chi connectivity index (χ3n) is 1.95. The molecule has 0 aliphatic carbocycles. The summed E-state index contributed by atoms with van der Waals surface area (Å²) in [5.41, 5.74) is 1.13. The maximum atomic E-state index is 10.5. The van der Waals surface area contributed by atoms with Crippen molar-refractivity contribution in [1.82, 2.24) is 0 Å². The molecule has 0 bridgehead atoms. The molecule has 0 fully saturated rings. The highest BCUT2D eigenvalue weighted by atomic mass is 79.9. The summed E-state index contributed by atoms with van der Waals surface area (Å²) in [7, 11) is 0. The Morgan fingerprint density at radius 2 is 2.25 bits per heavy atom. The lowest BCUT2D eigenvalue weighted by atomic mass is 10.2. The highest BCUT2D eigenvalue weighted by Crippen LogP contribution is 2.26. The molecule has 88 valence electrons. The van der Waals surface area contributed by atoms with Crippen LogP contribution in [0.4, 0.5) is 5.69 Å². The zero-order chi connectivity index (χ0) is 12.0. The lowest BCUT2D eigenvalue weighted by molar-refractivity contribution is -0.384. The van der Waals surface area contributed by atoms with E-state index in [4.69, 9.17) is 5.11 Å². The van der Waals surface area contributed by atoms with E-state index in [2.05, 4.69) is 15.9 Å². The molecular formula is C10H12BrNO3S. The maximum absolute atomic E-state index is 10.5. The number of non-ortho nitro benzene ring substituents is 1. The first kappa shape index (κ1) is 13.5. The SMILES string of the molecule is O=[N+]([O-])c1ccc(CSCCCO)c(Br)c1. The summed E-state index contributed by atoms with van der Waals surface area (Å²) < 4.78 is 0.762. The van der Waals surface area contributed by atoms with Crippen LogP contribution in [-0.4, -0.2) is 22.4 Å². The summed E-state index contributed by atoms with van der Waals surface area (Å²) in [6.07, 6.45) is 0.773. The molecule has 0 unspecified atom stereocenters. The number of hydrogen-bond acceptors (Lipinski definition) is 4. The van der Waals surface area contributed by atoms with Crippen molar-refractivity contribution in [3.05, 3.63) is 38.3 Å². The van der Waals surface area contributed by atoms with Gasteiger partial charge in [-0.1, -0.05) is 22.0 Å². The fraction of sp³-hybridized carbons (Fsp3) is 0.400. The minimum atomic E-state index is -0.409. The number of nitro benzene ring substituents is 1.